The van der Waals surface area contributed by atoms with E-state index in [1.165, 1.54) is 24.1 Å². The van der Waals surface area contributed by atoms with Gasteiger partial charge in [0.05, 0.1) is 0 Å². The van der Waals surface area contributed by atoms with Crippen molar-refractivity contribution in [2.24, 2.45) is 5.92 Å². The van der Waals surface area contributed by atoms with Gasteiger partial charge in [-0.05, 0) is 44.7 Å². The summed E-state index contributed by atoms with van der Waals surface area (Å²) in [6.45, 7) is 4.46. The molecule has 1 aromatic heterocycles. The van der Waals surface area contributed by atoms with Crippen molar-refractivity contribution in [3.63, 3.8) is 0 Å². The Morgan fingerprint density at radius 2 is 2.19 bits per heavy atom. The molecule has 86 valence electrons. The van der Waals surface area contributed by atoms with E-state index in [0.717, 1.165) is 10.8 Å². The molecule has 1 N–H and O–H groups in total. The zero-order valence-electron chi connectivity index (χ0n) is 9.86. The van der Waals surface area contributed by atoms with Gasteiger partial charge in [0.2, 0.25) is 0 Å². The highest BCUT2D eigenvalue weighted by Crippen LogP contribution is 2.31. The van der Waals surface area contributed by atoms with Crippen LogP contribution in [0.2, 0.25) is 0 Å². The van der Waals surface area contributed by atoms with E-state index in [1.54, 1.807) is 11.3 Å². The minimum atomic E-state index is 0.364. The second-order valence-electron chi connectivity index (χ2n) is 4.68. The van der Waals surface area contributed by atoms with E-state index in [-0.39, 0.29) is 0 Å². The molecule has 1 aromatic rings. The summed E-state index contributed by atoms with van der Waals surface area (Å²) in [5.74, 6) is 0.859. The van der Waals surface area contributed by atoms with E-state index in [1.807, 2.05) is 6.07 Å². The maximum atomic E-state index is 8.79. The normalized spacial score (nSPS) is 19.8. The van der Waals surface area contributed by atoms with Gasteiger partial charge in [-0.15, -0.1) is 11.3 Å². The lowest BCUT2D eigenvalue weighted by molar-refractivity contribution is 0.230. The van der Waals surface area contributed by atoms with E-state index < -0.39 is 0 Å². The van der Waals surface area contributed by atoms with Crippen LogP contribution in [0.4, 0.5) is 0 Å². The lowest BCUT2D eigenvalue weighted by Gasteiger charge is -2.33. The fourth-order valence-corrected chi connectivity index (χ4v) is 3.01. The summed E-state index contributed by atoms with van der Waals surface area (Å²) < 4.78 is 0. The van der Waals surface area contributed by atoms with Crippen molar-refractivity contribution in [1.29, 1.82) is 5.26 Å². The molecule has 1 aliphatic rings. The molecule has 2 atom stereocenters. The number of nitrogens with one attached hydrogen (secondary N) is 1. The van der Waals surface area contributed by atoms with Crippen molar-refractivity contribution < 1.29 is 0 Å². The topological polar surface area (TPSA) is 35.8 Å². The molecule has 2 unspecified atom stereocenters. The van der Waals surface area contributed by atoms with Crippen LogP contribution in [0.25, 0.3) is 0 Å². The molecule has 1 saturated carbocycles. The van der Waals surface area contributed by atoms with Crippen molar-refractivity contribution in [3.05, 3.63) is 21.9 Å². The summed E-state index contributed by atoms with van der Waals surface area (Å²) in [6, 6.07) is 7.12. The molecular formula is C13H18N2S. The van der Waals surface area contributed by atoms with Gasteiger partial charge >= 0.3 is 0 Å². The number of hydrogen-bond acceptors (Lipinski definition) is 3. The molecule has 0 bridgehead atoms. The third-order valence-corrected chi connectivity index (χ3v) is 4.71. The van der Waals surface area contributed by atoms with Crippen LogP contribution < -0.4 is 5.32 Å². The SMILES string of the molecule is CC(NC(C)C1CCC1)c1ccc(C#N)s1. The first kappa shape index (κ1) is 11.6. The molecule has 1 heterocycles. The van der Waals surface area contributed by atoms with Gasteiger partial charge in [-0.25, -0.2) is 0 Å². The van der Waals surface area contributed by atoms with Crippen LogP contribution in [-0.2, 0) is 0 Å². The minimum Gasteiger partial charge on any atom is -0.307 e. The number of nitriles is 1. The van der Waals surface area contributed by atoms with Crippen molar-refractivity contribution >= 4 is 11.3 Å². The van der Waals surface area contributed by atoms with Gasteiger partial charge in [0.15, 0.2) is 0 Å². The second kappa shape index (κ2) is 4.99. The van der Waals surface area contributed by atoms with Crippen LogP contribution in [0.3, 0.4) is 0 Å². The fourth-order valence-electron chi connectivity index (χ4n) is 2.20. The highest BCUT2D eigenvalue weighted by atomic mass is 32.1. The summed E-state index contributed by atoms with van der Waals surface area (Å²) in [5.41, 5.74) is 0. The average molecular weight is 234 g/mol. The molecule has 2 rings (SSSR count). The maximum absolute atomic E-state index is 8.79. The molecule has 1 fully saturated rings. The van der Waals surface area contributed by atoms with Gasteiger partial charge in [0, 0.05) is 17.0 Å². The number of rotatable bonds is 4. The fraction of sp³-hybridized carbons (Fsp3) is 0.615. The van der Waals surface area contributed by atoms with Crippen molar-refractivity contribution in [1.82, 2.24) is 5.32 Å². The quantitative estimate of drug-likeness (QED) is 0.866. The Morgan fingerprint density at radius 3 is 2.69 bits per heavy atom. The molecule has 0 aromatic carbocycles. The van der Waals surface area contributed by atoms with E-state index in [0.29, 0.717) is 12.1 Å². The van der Waals surface area contributed by atoms with E-state index >= 15 is 0 Å². The molecule has 1 aliphatic carbocycles. The Balaban J connectivity index is 1.91. The smallest absolute Gasteiger partial charge is 0.110 e. The van der Waals surface area contributed by atoms with Gasteiger partial charge in [-0.3, -0.25) is 0 Å². The monoisotopic (exact) mass is 234 g/mol. The molecule has 0 radical (unpaired) electrons. The molecule has 0 spiro atoms. The van der Waals surface area contributed by atoms with Crippen LogP contribution in [0, 0.1) is 17.2 Å². The Kier molecular flexibility index (Phi) is 3.63. The van der Waals surface area contributed by atoms with Gasteiger partial charge < -0.3 is 5.32 Å². The third-order valence-electron chi connectivity index (χ3n) is 3.53. The van der Waals surface area contributed by atoms with Gasteiger partial charge in [0.25, 0.3) is 0 Å². The largest absolute Gasteiger partial charge is 0.307 e. The van der Waals surface area contributed by atoms with Crippen LogP contribution >= 0.6 is 11.3 Å². The highest BCUT2D eigenvalue weighted by molar-refractivity contribution is 7.12. The maximum Gasteiger partial charge on any atom is 0.110 e. The molecule has 0 saturated heterocycles. The summed E-state index contributed by atoms with van der Waals surface area (Å²) in [7, 11) is 0. The number of thiophene rings is 1. The summed E-state index contributed by atoms with van der Waals surface area (Å²) >= 11 is 1.60. The third kappa shape index (κ3) is 2.45. The average Bonchev–Trinajstić information content (AvgIpc) is 2.62. The Hall–Kier alpha value is -0.850. The van der Waals surface area contributed by atoms with Crippen LogP contribution in [0.1, 0.15) is 48.9 Å². The summed E-state index contributed by atoms with van der Waals surface area (Å²) in [6.07, 6.45) is 4.13. The molecule has 16 heavy (non-hydrogen) atoms. The standard InChI is InChI=1S/C13H18N2S/c1-9(11-4-3-5-11)15-10(2)13-7-6-12(8-14)16-13/h6-7,9-11,15H,3-5H2,1-2H3. The number of hydrogen-bond donors (Lipinski definition) is 1. The van der Waals surface area contributed by atoms with Crippen LogP contribution in [0.5, 0.6) is 0 Å². The minimum absolute atomic E-state index is 0.364. The van der Waals surface area contributed by atoms with Gasteiger partial charge in [-0.2, -0.15) is 5.26 Å². The molecule has 2 nitrogen and oxygen atoms in total. The van der Waals surface area contributed by atoms with Gasteiger partial charge in [0.1, 0.15) is 10.9 Å². The summed E-state index contributed by atoms with van der Waals surface area (Å²) in [4.78, 5) is 2.07. The molecule has 0 amide bonds. The predicted molar refractivity (Wildman–Crippen MR) is 67.4 cm³/mol. The first-order valence-electron chi connectivity index (χ1n) is 5.96. The highest BCUT2D eigenvalue weighted by Gasteiger charge is 2.25. The van der Waals surface area contributed by atoms with E-state index in [4.69, 9.17) is 5.26 Å². The zero-order chi connectivity index (χ0) is 11.5. The Labute approximate surface area is 101 Å². The van der Waals surface area contributed by atoms with E-state index in [9.17, 15) is 0 Å². The first-order valence-corrected chi connectivity index (χ1v) is 6.78. The molecule has 3 heteroatoms. The molecular weight excluding hydrogens is 216 g/mol. The first-order chi connectivity index (χ1) is 7.70. The van der Waals surface area contributed by atoms with Crippen LogP contribution in [-0.4, -0.2) is 6.04 Å². The van der Waals surface area contributed by atoms with Crippen molar-refractivity contribution in [2.75, 3.05) is 0 Å². The zero-order valence-corrected chi connectivity index (χ0v) is 10.7. The van der Waals surface area contributed by atoms with Crippen LogP contribution in [0.15, 0.2) is 12.1 Å². The van der Waals surface area contributed by atoms with E-state index in [2.05, 4.69) is 31.3 Å². The number of nitrogens with zero attached hydrogens (tertiary/aromatic N) is 1. The second-order valence-corrected chi connectivity index (χ2v) is 5.80. The lowest BCUT2D eigenvalue weighted by Crippen LogP contribution is -2.38. The van der Waals surface area contributed by atoms with Gasteiger partial charge in [-0.1, -0.05) is 6.42 Å². The lowest BCUT2D eigenvalue weighted by atomic mass is 9.80. The van der Waals surface area contributed by atoms with Crippen molar-refractivity contribution in [2.45, 2.75) is 45.2 Å². The predicted octanol–water partition coefficient (Wildman–Crippen LogP) is 3.46. The summed E-state index contributed by atoms with van der Waals surface area (Å²) in [5, 5.41) is 12.4. The van der Waals surface area contributed by atoms with Crippen molar-refractivity contribution in [3.8, 4) is 6.07 Å². The Morgan fingerprint density at radius 1 is 1.44 bits per heavy atom. The Bertz CT molecular complexity index is 387. The molecule has 0 aliphatic heterocycles.